The molecule has 1 saturated carbocycles. The molecule has 2 heterocycles. The summed E-state index contributed by atoms with van der Waals surface area (Å²) in [5.74, 6) is -0.659. The van der Waals surface area contributed by atoms with Crippen LogP contribution in [0.5, 0.6) is 0 Å². The van der Waals surface area contributed by atoms with Crippen LogP contribution in [0.2, 0.25) is 0 Å². The monoisotopic (exact) mass is 475 g/mol. The number of benzene rings is 2. The summed E-state index contributed by atoms with van der Waals surface area (Å²) in [6.07, 6.45) is 3.27. The summed E-state index contributed by atoms with van der Waals surface area (Å²) >= 11 is 0. The second-order valence-corrected chi connectivity index (χ2v) is 8.83. The van der Waals surface area contributed by atoms with Gasteiger partial charge in [0.05, 0.1) is 12.9 Å². The first-order chi connectivity index (χ1) is 17.0. The molecule has 0 N–H and O–H groups in total. The SMILES string of the molecule is CCn1cnc2c1c(=O)n(CC(=O)N(Cc1ccc(F)cc1)C1CC1)c(=O)n2Cc1ccccc1. The number of rotatable bonds is 8. The van der Waals surface area contributed by atoms with Crippen molar-refractivity contribution >= 4 is 17.1 Å². The largest absolute Gasteiger partial charge is 0.334 e. The van der Waals surface area contributed by atoms with Crippen molar-refractivity contribution in [1.29, 1.82) is 0 Å². The quantitative estimate of drug-likeness (QED) is 0.392. The van der Waals surface area contributed by atoms with Crippen LogP contribution in [0, 0.1) is 5.82 Å². The van der Waals surface area contributed by atoms with E-state index in [9.17, 15) is 18.8 Å². The number of imidazole rings is 1. The molecule has 9 heteroatoms. The predicted octanol–water partition coefficient (Wildman–Crippen LogP) is 2.76. The van der Waals surface area contributed by atoms with E-state index in [1.165, 1.54) is 16.7 Å². The third-order valence-corrected chi connectivity index (χ3v) is 6.38. The molecule has 0 radical (unpaired) electrons. The molecule has 1 aliphatic rings. The van der Waals surface area contributed by atoms with Crippen LogP contribution in [-0.4, -0.2) is 35.5 Å². The molecule has 0 aliphatic heterocycles. The molecule has 0 spiro atoms. The van der Waals surface area contributed by atoms with E-state index in [-0.39, 0.29) is 30.9 Å². The van der Waals surface area contributed by atoms with Gasteiger partial charge >= 0.3 is 5.69 Å². The molecule has 8 nitrogen and oxygen atoms in total. The van der Waals surface area contributed by atoms with Crippen molar-refractivity contribution in [3.63, 3.8) is 0 Å². The normalized spacial score (nSPS) is 13.3. The lowest BCUT2D eigenvalue weighted by Crippen LogP contribution is -2.45. The molecule has 2 aromatic carbocycles. The Morgan fingerprint density at radius 3 is 2.40 bits per heavy atom. The number of amides is 1. The molecule has 1 amide bonds. The van der Waals surface area contributed by atoms with Crippen molar-refractivity contribution in [3.05, 3.63) is 98.7 Å². The lowest BCUT2D eigenvalue weighted by Gasteiger charge is -2.23. The maximum absolute atomic E-state index is 13.5. The third-order valence-electron chi connectivity index (χ3n) is 6.38. The van der Waals surface area contributed by atoms with Gasteiger partial charge in [-0.15, -0.1) is 0 Å². The number of carbonyl (C=O) groups is 1. The summed E-state index contributed by atoms with van der Waals surface area (Å²) in [5, 5.41) is 0. The smallest absolute Gasteiger partial charge is 0.333 e. The lowest BCUT2D eigenvalue weighted by molar-refractivity contribution is -0.133. The standard InChI is InChI=1S/C26H26FN5O3/c1-2-29-17-28-24-23(29)25(34)32(26(35)31(24)15-18-6-4-3-5-7-18)16-22(33)30(21-12-13-21)14-19-8-10-20(27)11-9-19/h3-11,17,21H,2,12-16H2,1H3. The van der Waals surface area contributed by atoms with Gasteiger partial charge in [0.25, 0.3) is 5.56 Å². The van der Waals surface area contributed by atoms with Crippen molar-refractivity contribution in [3.8, 4) is 0 Å². The topological polar surface area (TPSA) is 82.1 Å². The van der Waals surface area contributed by atoms with Gasteiger partial charge in [0.2, 0.25) is 5.91 Å². The van der Waals surface area contributed by atoms with Crippen LogP contribution in [0.4, 0.5) is 4.39 Å². The van der Waals surface area contributed by atoms with E-state index in [0.29, 0.717) is 24.3 Å². The average molecular weight is 476 g/mol. The third kappa shape index (κ3) is 4.53. The maximum Gasteiger partial charge on any atom is 0.333 e. The fraction of sp³-hybridized carbons (Fsp3) is 0.308. The van der Waals surface area contributed by atoms with Crippen LogP contribution >= 0.6 is 0 Å². The molecule has 0 bridgehead atoms. The van der Waals surface area contributed by atoms with Crippen molar-refractivity contribution in [1.82, 2.24) is 23.6 Å². The molecule has 1 fully saturated rings. The zero-order chi connectivity index (χ0) is 24.5. The fourth-order valence-electron chi connectivity index (χ4n) is 4.35. The van der Waals surface area contributed by atoms with E-state index in [2.05, 4.69) is 4.98 Å². The summed E-state index contributed by atoms with van der Waals surface area (Å²) in [4.78, 5) is 46.3. The first kappa shape index (κ1) is 22.8. The molecule has 4 aromatic rings. The number of fused-ring (bicyclic) bond motifs is 1. The summed E-state index contributed by atoms with van der Waals surface area (Å²) in [7, 11) is 0. The highest BCUT2D eigenvalue weighted by molar-refractivity contribution is 5.77. The Hall–Kier alpha value is -4.01. The molecule has 2 aromatic heterocycles. The zero-order valence-electron chi connectivity index (χ0n) is 19.4. The van der Waals surface area contributed by atoms with E-state index in [1.807, 2.05) is 37.3 Å². The predicted molar refractivity (Wildman–Crippen MR) is 129 cm³/mol. The minimum atomic E-state index is -0.571. The molecule has 35 heavy (non-hydrogen) atoms. The van der Waals surface area contributed by atoms with E-state index in [1.54, 1.807) is 27.9 Å². The number of nitrogens with zero attached hydrogens (tertiary/aromatic N) is 5. The van der Waals surface area contributed by atoms with Crippen LogP contribution in [0.3, 0.4) is 0 Å². The van der Waals surface area contributed by atoms with Gasteiger partial charge in [0, 0.05) is 19.1 Å². The highest BCUT2D eigenvalue weighted by Gasteiger charge is 2.33. The van der Waals surface area contributed by atoms with Crippen LogP contribution in [-0.2, 0) is 31.0 Å². The van der Waals surface area contributed by atoms with Gasteiger partial charge in [-0.2, -0.15) is 0 Å². The average Bonchev–Trinajstić information content (AvgIpc) is 3.62. The van der Waals surface area contributed by atoms with Gasteiger partial charge in [0.1, 0.15) is 12.4 Å². The molecule has 1 aliphatic carbocycles. The molecular formula is C26H26FN5O3. The number of hydrogen-bond acceptors (Lipinski definition) is 4. The van der Waals surface area contributed by atoms with Crippen LogP contribution < -0.4 is 11.2 Å². The molecule has 5 rings (SSSR count). The summed E-state index contributed by atoms with van der Waals surface area (Å²) in [5.41, 5.74) is 1.18. The highest BCUT2D eigenvalue weighted by Crippen LogP contribution is 2.28. The Morgan fingerprint density at radius 2 is 1.74 bits per heavy atom. The van der Waals surface area contributed by atoms with Crippen molar-refractivity contribution in [2.45, 2.75) is 52.0 Å². The summed E-state index contributed by atoms with van der Waals surface area (Å²) in [6, 6.07) is 15.5. The number of carbonyl (C=O) groups excluding carboxylic acids is 1. The van der Waals surface area contributed by atoms with Crippen molar-refractivity contribution < 1.29 is 9.18 Å². The van der Waals surface area contributed by atoms with Crippen LogP contribution in [0.1, 0.15) is 30.9 Å². The van der Waals surface area contributed by atoms with Crippen LogP contribution in [0.15, 0.2) is 70.5 Å². The number of aryl methyl sites for hydroxylation is 1. The lowest BCUT2D eigenvalue weighted by atomic mass is 10.2. The second-order valence-electron chi connectivity index (χ2n) is 8.83. The summed E-state index contributed by atoms with van der Waals surface area (Å²) < 4.78 is 17.5. The minimum absolute atomic E-state index is 0.0553. The highest BCUT2D eigenvalue weighted by atomic mass is 19.1. The van der Waals surface area contributed by atoms with Gasteiger partial charge in [-0.25, -0.2) is 18.7 Å². The molecule has 180 valence electrons. The van der Waals surface area contributed by atoms with Crippen molar-refractivity contribution in [2.75, 3.05) is 0 Å². The van der Waals surface area contributed by atoms with E-state index in [4.69, 9.17) is 0 Å². The summed E-state index contributed by atoms with van der Waals surface area (Å²) in [6.45, 7) is 2.55. The van der Waals surface area contributed by atoms with Crippen molar-refractivity contribution in [2.24, 2.45) is 0 Å². The molecule has 0 saturated heterocycles. The van der Waals surface area contributed by atoms with E-state index < -0.39 is 11.2 Å². The number of halogens is 1. The van der Waals surface area contributed by atoms with E-state index >= 15 is 0 Å². The second kappa shape index (κ2) is 9.32. The minimum Gasteiger partial charge on any atom is -0.334 e. The number of aromatic nitrogens is 4. The first-order valence-corrected chi connectivity index (χ1v) is 11.7. The maximum atomic E-state index is 13.5. The Kier molecular flexibility index (Phi) is 6.07. The van der Waals surface area contributed by atoms with E-state index in [0.717, 1.165) is 28.5 Å². The molecule has 0 atom stereocenters. The molecule has 0 unspecified atom stereocenters. The van der Waals surface area contributed by atoms with Gasteiger partial charge in [-0.3, -0.25) is 14.2 Å². The number of hydrogen-bond donors (Lipinski definition) is 0. The first-order valence-electron chi connectivity index (χ1n) is 11.7. The Balaban J connectivity index is 1.53. The van der Waals surface area contributed by atoms with Gasteiger partial charge in [-0.1, -0.05) is 42.5 Å². The zero-order valence-corrected chi connectivity index (χ0v) is 19.4. The van der Waals surface area contributed by atoms with Gasteiger partial charge in [-0.05, 0) is 43.0 Å². The van der Waals surface area contributed by atoms with Gasteiger partial charge < -0.3 is 9.47 Å². The molecular weight excluding hydrogens is 449 g/mol. The Labute approximate surface area is 200 Å². The fourth-order valence-corrected chi connectivity index (χ4v) is 4.35. The van der Waals surface area contributed by atoms with Crippen LogP contribution in [0.25, 0.3) is 11.2 Å². The van der Waals surface area contributed by atoms with Gasteiger partial charge in [0.15, 0.2) is 11.2 Å². The Bertz CT molecular complexity index is 1480. The Morgan fingerprint density at radius 1 is 1.03 bits per heavy atom.